The molecule has 2 heterocycles. The van der Waals surface area contributed by atoms with Gasteiger partial charge in [0.25, 0.3) is 0 Å². The van der Waals surface area contributed by atoms with Crippen LogP contribution in [0.1, 0.15) is 36.4 Å². The average Bonchev–Trinajstić information content (AvgIpc) is 3.32. The van der Waals surface area contributed by atoms with Gasteiger partial charge >= 0.3 is 6.03 Å². The number of nitrogens with zero attached hydrogens (tertiary/aromatic N) is 3. The molecule has 3 atom stereocenters. The molecule has 0 saturated carbocycles. The molecule has 0 bridgehead atoms. The Balaban J connectivity index is 1.27. The average molecular weight is 497 g/mol. The predicted octanol–water partition coefficient (Wildman–Crippen LogP) is 3.76. The molecule has 7 nitrogen and oxygen atoms in total. The van der Waals surface area contributed by atoms with Gasteiger partial charge < -0.3 is 10.5 Å². The van der Waals surface area contributed by atoms with Crippen LogP contribution in [0.15, 0.2) is 54.6 Å². The fourth-order valence-corrected chi connectivity index (χ4v) is 4.92. The fourth-order valence-electron chi connectivity index (χ4n) is 4.79. The van der Waals surface area contributed by atoms with Crippen LogP contribution in [0.2, 0.25) is 5.02 Å². The molecule has 2 aliphatic heterocycles. The van der Waals surface area contributed by atoms with Crippen LogP contribution < -0.4 is 5.73 Å². The van der Waals surface area contributed by atoms with Crippen molar-refractivity contribution < 1.29 is 14.7 Å². The molecular weight excluding hydrogens is 464 g/mol. The number of halogens is 1. The van der Waals surface area contributed by atoms with Crippen LogP contribution in [0.3, 0.4) is 0 Å². The topological polar surface area (TPSA) is 82.3 Å². The van der Waals surface area contributed by atoms with E-state index in [0.29, 0.717) is 11.5 Å². The first-order chi connectivity index (χ1) is 17.0. The summed E-state index contributed by atoms with van der Waals surface area (Å²) >= 11 is 6.15. The highest BCUT2D eigenvalue weighted by molar-refractivity contribution is 6.30. The van der Waals surface area contributed by atoms with Crippen molar-refractivity contribution in [3.8, 4) is 11.8 Å². The van der Waals surface area contributed by atoms with E-state index in [-0.39, 0.29) is 24.8 Å². The summed E-state index contributed by atoms with van der Waals surface area (Å²) in [5.41, 5.74) is 7.54. The Kier molecular flexibility index (Phi) is 9.02. The van der Waals surface area contributed by atoms with Crippen molar-refractivity contribution in [1.29, 1.82) is 0 Å². The SMILES string of the molecule is NC(=O)N(O)CCC#C[C@H]1CCC(CN2CCN([C@H](c3ccccc3)c3ccc(Cl)cc3)CC2)O1. The third-order valence-corrected chi connectivity index (χ3v) is 6.86. The second-order valence-corrected chi connectivity index (χ2v) is 9.49. The molecule has 1 unspecified atom stereocenters. The fraction of sp³-hybridized carbons (Fsp3) is 0.444. The normalized spacial score (nSPS) is 21.8. The Labute approximate surface area is 212 Å². The number of primary amides is 1. The van der Waals surface area contributed by atoms with Crippen LogP contribution in [0.25, 0.3) is 0 Å². The minimum absolute atomic E-state index is 0.0885. The molecule has 2 aliphatic rings. The lowest BCUT2D eigenvalue weighted by atomic mass is 9.96. The highest BCUT2D eigenvalue weighted by Gasteiger charge is 2.30. The number of hydroxylamine groups is 2. The number of benzene rings is 2. The molecule has 3 N–H and O–H groups in total. The van der Waals surface area contributed by atoms with E-state index >= 15 is 0 Å². The summed E-state index contributed by atoms with van der Waals surface area (Å²) in [4.78, 5) is 15.8. The largest absolute Gasteiger partial charge is 0.361 e. The predicted molar refractivity (Wildman–Crippen MR) is 136 cm³/mol. The van der Waals surface area contributed by atoms with E-state index < -0.39 is 6.03 Å². The maximum absolute atomic E-state index is 10.8. The first-order valence-electron chi connectivity index (χ1n) is 12.2. The van der Waals surface area contributed by atoms with E-state index in [1.165, 1.54) is 11.1 Å². The maximum atomic E-state index is 10.8. The van der Waals surface area contributed by atoms with Gasteiger partial charge in [-0.2, -0.15) is 0 Å². The third-order valence-electron chi connectivity index (χ3n) is 6.61. The quantitative estimate of drug-likeness (QED) is 0.346. The Hall–Kier alpha value is -2.60. The molecule has 0 aromatic heterocycles. The molecular formula is C27H33ClN4O3. The second kappa shape index (κ2) is 12.4. The van der Waals surface area contributed by atoms with E-state index in [1.54, 1.807) is 0 Å². The maximum Gasteiger partial charge on any atom is 0.338 e. The summed E-state index contributed by atoms with van der Waals surface area (Å²) in [5, 5.41) is 10.5. The van der Waals surface area contributed by atoms with Crippen molar-refractivity contribution in [2.45, 2.75) is 37.5 Å². The Bertz CT molecular complexity index is 1020. The molecule has 8 heteroatoms. The van der Waals surface area contributed by atoms with E-state index in [9.17, 15) is 10.0 Å². The molecule has 2 saturated heterocycles. The van der Waals surface area contributed by atoms with Crippen molar-refractivity contribution in [2.24, 2.45) is 5.73 Å². The Morgan fingerprint density at radius 3 is 2.46 bits per heavy atom. The molecule has 35 heavy (non-hydrogen) atoms. The van der Waals surface area contributed by atoms with Gasteiger partial charge in [0, 0.05) is 44.2 Å². The van der Waals surface area contributed by atoms with E-state index in [4.69, 9.17) is 22.1 Å². The van der Waals surface area contributed by atoms with Gasteiger partial charge in [0.15, 0.2) is 0 Å². The first-order valence-corrected chi connectivity index (χ1v) is 12.5. The molecule has 2 aromatic rings. The lowest BCUT2D eigenvalue weighted by molar-refractivity contribution is -0.0373. The van der Waals surface area contributed by atoms with Gasteiger partial charge in [-0.05, 0) is 36.1 Å². The van der Waals surface area contributed by atoms with Crippen molar-refractivity contribution in [3.05, 3.63) is 70.7 Å². The summed E-state index contributed by atoms with van der Waals surface area (Å²) in [6.45, 7) is 4.96. The van der Waals surface area contributed by atoms with Gasteiger partial charge in [0.05, 0.1) is 18.7 Å². The number of hydrogen-bond acceptors (Lipinski definition) is 5. The summed E-state index contributed by atoms with van der Waals surface area (Å²) in [5.74, 6) is 6.08. The van der Waals surface area contributed by atoms with Crippen LogP contribution in [-0.4, -0.2) is 77.6 Å². The monoisotopic (exact) mass is 496 g/mol. The van der Waals surface area contributed by atoms with Gasteiger partial charge in [-0.15, -0.1) is 0 Å². The zero-order valence-electron chi connectivity index (χ0n) is 19.9. The number of urea groups is 1. The third kappa shape index (κ3) is 7.20. The standard InChI is InChI=1S/C27H33ClN4O3/c28-23-11-9-22(10-12-23)26(21-6-2-1-3-7-21)31-18-16-30(17-19-31)20-25-14-13-24(35-25)8-4-5-15-32(34)27(29)33/h1-3,6-7,9-12,24-26,34H,5,13-20H2,(H2,29,33)/t24-,25?,26+/m0/s1. The van der Waals surface area contributed by atoms with Crippen molar-refractivity contribution in [1.82, 2.24) is 14.9 Å². The van der Waals surface area contributed by atoms with Crippen molar-refractivity contribution in [2.75, 3.05) is 39.3 Å². The van der Waals surface area contributed by atoms with Crippen LogP contribution in [0.4, 0.5) is 4.79 Å². The van der Waals surface area contributed by atoms with Gasteiger partial charge in [-0.1, -0.05) is 65.9 Å². The Morgan fingerprint density at radius 1 is 1.09 bits per heavy atom. The van der Waals surface area contributed by atoms with Crippen molar-refractivity contribution >= 4 is 17.6 Å². The lowest BCUT2D eigenvalue weighted by Gasteiger charge is -2.40. The van der Waals surface area contributed by atoms with Crippen LogP contribution in [0.5, 0.6) is 0 Å². The minimum Gasteiger partial charge on any atom is -0.361 e. The molecule has 0 aliphatic carbocycles. The number of carbonyl (C=O) groups excluding carboxylic acids is 1. The first kappa shape index (κ1) is 25.5. The zero-order valence-corrected chi connectivity index (χ0v) is 20.6. The zero-order chi connectivity index (χ0) is 24.6. The number of hydrogen-bond donors (Lipinski definition) is 2. The molecule has 0 spiro atoms. The van der Waals surface area contributed by atoms with E-state index in [0.717, 1.165) is 50.6 Å². The van der Waals surface area contributed by atoms with Crippen LogP contribution in [0, 0.1) is 11.8 Å². The van der Waals surface area contributed by atoms with E-state index in [1.807, 2.05) is 12.1 Å². The summed E-state index contributed by atoms with van der Waals surface area (Å²) in [6, 6.07) is 18.2. The smallest absolute Gasteiger partial charge is 0.338 e. The molecule has 186 valence electrons. The number of piperazine rings is 1. The number of carbonyl (C=O) groups is 1. The molecule has 0 radical (unpaired) electrons. The molecule has 2 amide bonds. The van der Waals surface area contributed by atoms with Gasteiger partial charge in [0.2, 0.25) is 0 Å². The van der Waals surface area contributed by atoms with Crippen LogP contribution in [-0.2, 0) is 4.74 Å². The molecule has 2 fully saturated rings. The van der Waals surface area contributed by atoms with E-state index in [2.05, 4.69) is 64.1 Å². The second-order valence-electron chi connectivity index (χ2n) is 9.06. The van der Waals surface area contributed by atoms with Gasteiger partial charge in [-0.25, -0.2) is 9.86 Å². The number of rotatable bonds is 7. The number of nitrogens with two attached hydrogens (primary N) is 1. The summed E-state index contributed by atoms with van der Waals surface area (Å²) < 4.78 is 6.13. The molecule has 2 aromatic carbocycles. The number of ether oxygens (including phenoxy) is 1. The Morgan fingerprint density at radius 2 is 1.77 bits per heavy atom. The highest BCUT2D eigenvalue weighted by Crippen LogP contribution is 2.30. The molecule has 4 rings (SSSR count). The van der Waals surface area contributed by atoms with Crippen molar-refractivity contribution in [3.63, 3.8) is 0 Å². The van der Waals surface area contributed by atoms with Gasteiger partial charge in [-0.3, -0.25) is 15.0 Å². The summed E-state index contributed by atoms with van der Waals surface area (Å²) in [7, 11) is 0. The number of amides is 2. The highest BCUT2D eigenvalue weighted by atomic mass is 35.5. The summed E-state index contributed by atoms with van der Waals surface area (Å²) in [6.07, 6.45) is 2.35. The van der Waals surface area contributed by atoms with Gasteiger partial charge in [0.1, 0.15) is 6.10 Å². The minimum atomic E-state index is -0.868. The van der Waals surface area contributed by atoms with Crippen LogP contribution >= 0.6 is 11.6 Å². The lowest BCUT2D eigenvalue weighted by Crippen LogP contribution is -2.49.